The van der Waals surface area contributed by atoms with Gasteiger partial charge < -0.3 is 14.6 Å². The van der Waals surface area contributed by atoms with E-state index in [9.17, 15) is 9.59 Å². The molecule has 0 aliphatic rings. The maximum atomic E-state index is 12.7. The van der Waals surface area contributed by atoms with Gasteiger partial charge in [-0.3, -0.25) is 9.59 Å². The van der Waals surface area contributed by atoms with Gasteiger partial charge in [0.05, 0.1) is 30.5 Å². The second kappa shape index (κ2) is 9.89. The van der Waals surface area contributed by atoms with E-state index in [0.717, 1.165) is 10.9 Å². The molecule has 0 saturated carbocycles. The van der Waals surface area contributed by atoms with Crippen LogP contribution in [0.5, 0.6) is 5.75 Å². The minimum absolute atomic E-state index is 0.0595. The van der Waals surface area contributed by atoms with Gasteiger partial charge in [0.1, 0.15) is 11.6 Å². The first-order valence-corrected chi connectivity index (χ1v) is 10.5. The third-order valence-corrected chi connectivity index (χ3v) is 5.01. The van der Waals surface area contributed by atoms with Gasteiger partial charge >= 0.3 is 0 Å². The average molecular weight is 479 g/mol. The van der Waals surface area contributed by atoms with Crippen molar-refractivity contribution in [1.82, 2.24) is 14.9 Å². The summed E-state index contributed by atoms with van der Waals surface area (Å²) in [6, 6.07) is 12.4. The zero-order valence-electron chi connectivity index (χ0n) is 16.0. The quantitative estimate of drug-likeness (QED) is 0.515. The lowest BCUT2D eigenvalue weighted by atomic mass is 10.2. The van der Waals surface area contributed by atoms with E-state index in [0.29, 0.717) is 34.0 Å². The maximum Gasteiger partial charge on any atom is 0.258 e. The predicted octanol–water partition coefficient (Wildman–Crippen LogP) is 4.55. The van der Waals surface area contributed by atoms with Crippen molar-refractivity contribution < 1.29 is 9.53 Å². The number of nitrogens with zero attached hydrogens (tertiary/aromatic N) is 2. The molecule has 0 atom stereocenters. The molecule has 1 N–H and O–H groups in total. The molecule has 0 aliphatic heterocycles. The van der Waals surface area contributed by atoms with E-state index in [2.05, 4.69) is 25.9 Å². The number of aromatic amines is 1. The molecule has 0 aliphatic carbocycles. The lowest BCUT2D eigenvalue weighted by Gasteiger charge is -2.22. The molecule has 1 aromatic heterocycles. The van der Waals surface area contributed by atoms with Gasteiger partial charge in [-0.05, 0) is 42.8 Å². The molecule has 29 heavy (non-hydrogen) atoms. The monoisotopic (exact) mass is 477 g/mol. The number of carbonyl (C=O) groups is 1. The minimum Gasteiger partial charge on any atom is -0.493 e. The molecule has 152 valence electrons. The van der Waals surface area contributed by atoms with Crippen LogP contribution in [0, 0.1) is 0 Å². The number of fused-ring (bicyclic) bond motifs is 1. The van der Waals surface area contributed by atoms with Crippen LogP contribution in [-0.2, 0) is 11.3 Å². The number of carbonyl (C=O) groups excluding carboxylic acids is 1. The van der Waals surface area contributed by atoms with Gasteiger partial charge in [-0.1, -0.05) is 40.5 Å². The lowest BCUT2D eigenvalue weighted by Crippen LogP contribution is -2.33. The number of hydrogen-bond donors (Lipinski definition) is 1. The summed E-state index contributed by atoms with van der Waals surface area (Å²) < 4.78 is 6.58. The van der Waals surface area contributed by atoms with Crippen molar-refractivity contribution in [1.29, 1.82) is 0 Å². The number of amides is 1. The highest BCUT2D eigenvalue weighted by atomic mass is 79.9. The van der Waals surface area contributed by atoms with Crippen LogP contribution in [0.15, 0.2) is 51.7 Å². The summed E-state index contributed by atoms with van der Waals surface area (Å²) in [4.78, 5) is 33.9. The number of benzene rings is 2. The number of H-pyrrole nitrogens is 1. The van der Waals surface area contributed by atoms with Crippen molar-refractivity contribution in [3.63, 3.8) is 0 Å². The number of hydrogen-bond acceptors (Lipinski definition) is 4. The third kappa shape index (κ3) is 5.81. The number of halogens is 2. The Hall–Kier alpha value is -2.38. The molecule has 0 spiro atoms. The van der Waals surface area contributed by atoms with Gasteiger partial charge in [0, 0.05) is 16.0 Å². The van der Waals surface area contributed by atoms with Gasteiger partial charge in [-0.25, -0.2) is 4.98 Å². The van der Waals surface area contributed by atoms with E-state index >= 15 is 0 Å². The second-order valence-corrected chi connectivity index (χ2v) is 7.90. The van der Waals surface area contributed by atoms with Gasteiger partial charge in [0.25, 0.3) is 5.56 Å². The van der Waals surface area contributed by atoms with Crippen molar-refractivity contribution in [2.24, 2.45) is 0 Å². The summed E-state index contributed by atoms with van der Waals surface area (Å²) in [5.41, 5.74) is 0.265. The van der Waals surface area contributed by atoms with E-state index < -0.39 is 0 Å². The molecule has 0 unspecified atom stereocenters. The molecule has 0 radical (unpaired) electrons. The molecule has 1 amide bonds. The lowest BCUT2D eigenvalue weighted by molar-refractivity contribution is -0.132. The fraction of sp³-hybridized carbons (Fsp3) is 0.286. The smallest absolute Gasteiger partial charge is 0.258 e. The first-order valence-electron chi connectivity index (χ1n) is 9.31. The first-order chi connectivity index (χ1) is 14.0. The topological polar surface area (TPSA) is 75.3 Å². The Balaban J connectivity index is 1.68. The Morgan fingerprint density at radius 1 is 1.28 bits per heavy atom. The van der Waals surface area contributed by atoms with Crippen LogP contribution < -0.4 is 10.3 Å². The summed E-state index contributed by atoms with van der Waals surface area (Å²) in [6.07, 6.45) is 1.03. The van der Waals surface area contributed by atoms with E-state index in [1.54, 1.807) is 23.1 Å². The normalized spacial score (nSPS) is 10.9. The number of nitrogens with one attached hydrogen (secondary N) is 1. The molecule has 3 aromatic rings. The van der Waals surface area contributed by atoms with Gasteiger partial charge in [0.15, 0.2) is 0 Å². The Bertz CT molecular complexity index is 1070. The molecule has 8 heteroatoms. The Morgan fingerprint density at radius 2 is 2.10 bits per heavy atom. The summed E-state index contributed by atoms with van der Waals surface area (Å²) in [7, 11) is 0. The SMILES string of the molecule is CCCN(Cc1nc2cc(Cl)ccc2c(=O)[nH]1)C(=O)CCOc1cccc(Br)c1. The summed E-state index contributed by atoms with van der Waals surface area (Å²) in [6.45, 7) is 3.05. The highest BCUT2D eigenvalue weighted by Gasteiger charge is 2.15. The summed E-state index contributed by atoms with van der Waals surface area (Å²) >= 11 is 9.40. The van der Waals surface area contributed by atoms with Crippen molar-refractivity contribution in [2.75, 3.05) is 13.2 Å². The van der Waals surface area contributed by atoms with Crippen LogP contribution in [0.25, 0.3) is 10.9 Å². The second-order valence-electron chi connectivity index (χ2n) is 6.55. The summed E-state index contributed by atoms with van der Waals surface area (Å²) in [5, 5.41) is 0.974. The van der Waals surface area contributed by atoms with Crippen LogP contribution >= 0.6 is 27.5 Å². The van der Waals surface area contributed by atoms with E-state index in [-0.39, 0.29) is 31.0 Å². The predicted molar refractivity (Wildman–Crippen MR) is 117 cm³/mol. The Morgan fingerprint density at radius 3 is 2.86 bits per heavy atom. The van der Waals surface area contributed by atoms with Gasteiger partial charge in [-0.2, -0.15) is 0 Å². The largest absolute Gasteiger partial charge is 0.493 e. The van der Waals surface area contributed by atoms with E-state index in [1.807, 2.05) is 31.2 Å². The molecule has 6 nitrogen and oxygen atoms in total. The van der Waals surface area contributed by atoms with Crippen LogP contribution in [0.1, 0.15) is 25.6 Å². The van der Waals surface area contributed by atoms with Crippen LogP contribution in [0.4, 0.5) is 0 Å². The van der Waals surface area contributed by atoms with Gasteiger partial charge in [-0.15, -0.1) is 0 Å². The van der Waals surface area contributed by atoms with Crippen molar-refractivity contribution in [2.45, 2.75) is 26.3 Å². The molecule has 2 aromatic carbocycles. The minimum atomic E-state index is -0.247. The Kier molecular flexibility index (Phi) is 7.28. The first kappa shape index (κ1) is 21.3. The van der Waals surface area contributed by atoms with Crippen molar-refractivity contribution in [3.8, 4) is 5.75 Å². The molecular weight excluding hydrogens is 458 g/mol. The standard InChI is InChI=1S/C21H21BrClN3O3/c1-2-9-26(20(27)8-10-29-16-5-3-4-14(22)11-16)13-19-24-18-12-15(23)6-7-17(18)21(28)25-19/h3-7,11-12H,2,8-10,13H2,1H3,(H,24,25,28). The van der Waals surface area contributed by atoms with E-state index in [4.69, 9.17) is 16.3 Å². The van der Waals surface area contributed by atoms with E-state index in [1.165, 1.54) is 0 Å². The van der Waals surface area contributed by atoms with Crippen LogP contribution in [0.2, 0.25) is 5.02 Å². The molecular formula is C21H21BrClN3O3. The van der Waals surface area contributed by atoms with Crippen molar-refractivity contribution in [3.05, 3.63) is 68.1 Å². The summed E-state index contributed by atoms with van der Waals surface area (Å²) in [5.74, 6) is 1.07. The number of rotatable bonds is 8. The fourth-order valence-corrected chi connectivity index (χ4v) is 3.49. The fourth-order valence-electron chi connectivity index (χ4n) is 2.95. The molecule has 3 rings (SSSR count). The van der Waals surface area contributed by atoms with Gasteiger partial charge in [0.2, 0.25) is 5.91 Å². The Labute approximate surface area is 182 Å². The zero-order chi connectivity index (χ0) is 20.8. The number of ether oxygens (including phenoxy) is 1. The molecule has 0 bridgehead atoms. The molecule has 0 saturated heterocycles. The van der Waals surface area contributed by atoms with Crippen molar-refractivity contribution >= 4 is 44.3 Å². The highest BCUT2D eigenvalue weighted by molar-refractivity contribution is 9.10. The van der Waals surface area contributed by atoms with Crippen LogP contribution in [0.3, 0.4) is 0 Å². The molecule has 1 heterocycles. The molecule has 0 fully saturated rings. The van der Waals surface area contributed by atoms with Crippen LogP contribution in [-0.4, -0.2) is 33.9 Å². The third-order valence-electron chi connectivity index (χ3n) is 4.29. The maximum absolute atomic E-state index is 12.7. The number of aromatic nitrogens is 2. The zero-order valence-corrected chi connectivity index (χ0v) is 18.3. The average Bonchev–Trinajstić information content (AvgIpc) is 2.67. The highest BCUT2D eigenvalue weighted by Crippen LogP contribution is 2.18.